The van der Waals surface area contributed by atoms with Gasteiger partial charge in [-0.15, -0.1) is 0 Å². The molecule has 0 saturated carbocycles. The summed E-state index contributed by atoms with van der Waals surface area (Å²) in [6.07, 6.45) is 1.57. The first kappa shape index (κ1) is 25.6. The third kappa shape index (κ3) is 6.01. The first-order valence-electron chi connectivity index (χ1n) is 10.8. The molecule has 0 aliphatic rings. The number of carboxylic acids is 1. The molecule has 0 aliphatic carbocycles. The van der Waals surface area contributed by atoms with Crippen molar-refractivity contribution in [2.45, 2.75) is 13.5 Å². The van der Waals surface area contributed by atoms with Crippen LogP contribution in [0.3, 0.4) is 0 Å². The first-order valence-corrected chi connectivity index (χ1v) is 12.2. The Hall–Kier alpha value is -3.47. The van der Waals surface area contributed by atoms with E-state index in [2.05, 4.69) is 43.5 Å². The van der Waals surface area contributed by atoms with Crippen molar-refractivity contribution in [3.63, 3.8) is 0 Å². The van der Waals surface area contributed by atoms with E-state index in [1.54, 1.807) is 49.5 Å². The normalized spacial score (nSPS) is 10.8. The van der Waals surface area contributed by atoms with Crippen molar-refractivity contribution >= 4 is 64.8 Å². The van der Waals surface area contributed by atoms with E-state index in [0.717, 1.165) is 0 Å². The van der Waals surface area contributed by atoms with Crippen LogP contribution in [0.1, 0.15) is 22.1 Å². The summed E-state index contributed by atoms with van der Waals surface area (Å²) in [4.78, 5) is 25.0. The van der Waals surface area contributed by atoms with Gasteiger partial charge in [0.25, 0.3) is 0 Å². The molecule has 4 aromatic rings. The fraction of sp³-hybridized carbons (Fsp3) is 0.167. The van der Waals surface area contributed by atoms with Gasteiger partial charge >= 0.3 is 5.97 Å². The van der Waals surface area contributed by atoms with E-state index < -0.39 is 5.97 Å². The van der Waals surface area contributed by atoms with Crippen LogP contribution in [0, 0.1) is 6.92 Å². The molecule has 0 radical (unpaired) electrons. The molecule has 0 spiro atoms. The van der Waals surface area contributed by atoms with Crippen molar-refractivity contribution in [2.24, 2.45) is 0 Å². The summed E-state index contributed by atoms with van der Waals surface area (Å²) < 4.78 is 5.89. The lowest BCUT2D eigenvalue weighted by Gasteiger charge is -2.18. The van der Waals surface area contributed by atoms with Gasteiger partial charge in [0.05, 0.1) is 29.0 Å². The minimum Gasteiger partial charge on any atom is -0.478 e. The number of aromatic carboxylic acids is 1. The van der Waals surface area contributed by atoms with Crippen molar-refractivity contribution < 1.29 is 14.3 Å². The van der Waals surface area contributed by atoms with Crippen LogP contribution < -0.4 is 16.0 Å². The van der Waals surface area contributed by atoms with Gasteiger partial charge in [-0.05, 0) is 37.3 Å². The number of oxazole rings is 1. The quantitative estimate of drug-likeness (QED) is 0.149. The molecule has 4 rings (SSSR count). The summed E-state index contributed by atoms with van der Waals surface area (Å²) in [6, 6.07) is 11.7. The zero-order chi connectivity index (χ0) is 25.7. The predicted octanol–water partition coefficient (Wildman–Crippen LogP) is 6.14. The Bertz CT molecular complexity index is 1400. The first-order chi connectivity index (χ1) is 17.4. The van der Waals surface area contributed by atoms with Crippen molar-refractivity contribution in [3.05, 3.63) is 76.0 Å². The molecular weight excluding hydrogens is 523 g/mol. The van der Waals surface area contributed by atoms with Gasteiger partial charge < -0.3 is 25.5 Å². The molecule has 0 bridgehead atoms. The highest BCUT2D eigenvalue weighted by atomic mass is 35.5. The largest absolute Gasteiger partial charge is 0.478 e. The number of nitrogens with one attached hydrogen (secondary N) is 3. The molecule has 9 nitrogen and oxygen atoms in total. The molecule has 2 heterocycles. The van der Waals surface area contributed by atoms with Gasteiger partial charge in [0.1, 0.15) is 11.5 Å². The van der Waals surface area contributed by atoms with Gasteiger partial charge in [-0.3, -0.25) is 0 Å². The lowest BCUT2D eigenvalue weighted by molar-refractivity contribution is 0.0698. The summed E-state index contributed by atoms with van der Waals surface area (Å²) >= 11 is 16.6. The molecule has 0 fully saturated rings. The van der Waals surface area contributed by atoms with Crippen LogP contribution in [0.4, 0.5) is 23.0 Å². The second-order valence-electron chi connectivity index (χ2n) is 7.57. The Morgan fingerprint density at radius 3 is 2.67 bits per heavy atom. The van der Waals surface area contributed by atoms with Crippen molar-refractivity contribution in [1.29, 1.82) is 0 Å². The van der Waals surface area contributed by atoms with Gasteiger partial charge in [0, 0.05) is 22.9 Å². The van der Waals surface area contributed by atoms with Crippen LogP contribution in [0.25, 0.3) is 11.3 Å². The van der Waals surface area contributed by atoms with E-state index in [9.17, 15) is 9.90 Å². The molecule has 12 heteroatoms. The van der Waals surface area contributed by atoms with Crippen LogP contribution in [0.15, 0.2) is 53.1 Å². The highest BCUT2D eigenvalue weighted by Crippen LogP contribution is 2.33. The number of hydrogen-bond acceptors (Lipinski definition) is 9. The summed E-state index contributed by atoms with van der Waals surface area (Å²) in [6.45, 7) is 2.49. The smallest absolute Gasteiger partial charge is 0.337 e. The molecule has 0 amide bonds. The average Bonchev–Trinajstić information content (AvgIpc) is 3.32. The van der Waals surface area contributed by atoms with E-state index in [1.807, 2.05) is 0 Å². The summed E-state index contributed by atoms with van der Waals surface area (Å²) in [7, 11) is 0. The molecular formula is C24H22Cl2N6O3S. The number of carboxylic acid groups (broad SMARTS) is 1. The van der Waals surface area contributed by atoms with E-state index >= 15 is 0 Å². The highest BCUT2D eigenvalue weighted by molar-refractivity contribution is 7.80. The number of benzene rings is 2. The van der Waals surface area contributed by atoms with E-state index in [0.29, 0.717) is 68.4 Å². The Morgan fingerprint density at radius 1 is 1.11 bits per heavy atom. The van der Waals surface area contributed by atoms with Gasteiger partial charge in [-0.1, -0.05) is 35.3 Å². The van der Waals surface area contributed by atoms with Gasteiger partial charge in [0.2, 0.25) is 5.89 Å². The third-order valence-electron chi connectivity index (χ3n) is 5.00. The number of aromatic nitrogens is 3. The second kappa shape index (κ2) is 11.5. The molecule has 36 heavy (non-hydrogen) atoms. The fourth-order valence-corrected chi connectivity index (χ4v) is 3.90. The zero-order valence-electron chi connectivity index (χ0n) is 19.0. The summed E-state index contributed by atoms with van der Waals surface area (Å²) in [5.41, 5.74) is 1.65. The summed E-state index contributed by atoms with van der Waals surface area (Å²) in [5, 5.41) is 20.2. The fourth-order valence-electron chi connectivity index (χ4n) is 3.41. The number of halogens is 2. The second-order valence-corrected chi connectivity index (χ2v) is 8.86. The number of anilines is 4. The van der Waals surface area contributed by atoms with E-state index in [4.69, 9.17) is 27.6 Å². The standard InChI is InChI=1S/C24H22Cl2N6O3S/c1-13-30-22(27-8-9-36)21(23(31-13)32-18-5-3-2-4-15(18)24(33)34)29-12-20-28-11-19(35-20)16-10-14(25)6-7-17(16)26/h2-7,10-11,29,36H,8-9,12H2,1H3,(H,33,34)(H2,27,30,31,32). The minimum absolute atomic E-state index is 0.111. The van der Waals surface area contributed by atoms with Crippen LogP contribution in [0.5, 0.6) is 0 Å². The molecule has 0 atom stereocenters. The van der Waals surface area contributed by atoms with Gasteiger partial charge in [-0.25, -0.2) is 19.7 Å². The Kier molecular flexibility index (Phi) is 8.19. The lowest BCUT2D eigenvalue weighted by Crippen LogP contribution is -2.14. The number of carbonyl (C=O) groups is 1. The Balaban J connectivity index is 1.65. The van der Waals surface area contributed by atoms with Crippen LogP contribution in [-0.4, -0.2) is 38.3 Å². The van der Waals surface area contributed by atoms with E-state index in [-0.39, 0.29) is 12.1 Å². The van der Waals surface area contributed by atoms with Crippen LogP contribution in [-0.2, 0) is 6.54 Å². The van der Waals surface area contributed by atoms with Crippen molar-refractivity contribution in [2.75, 3.05) is 28.2 Å². The maximum Gasteiger partial charge on any atom is 0.337 e. The Morgan fingerprint density at radius 2 is 1.89 bits per heavy atom. The average molecular weight is 545 g/mol. The van der Waals surface area contributed by atoms with Crippen LogP contribution in [0.2, 0.25) is 10.0 Å². The summed E-state index contributed by atoms with van der Waals surface area (Å²) in [5.74, 6) is 1.79. The molecule has 2 aromatic heterocycles. The predicted molar refractivity (Wildman–Crippen MR) is 145 cm³/mol. The topological polar surface area (TPSA) is 125 Å². The SMILES string of the molecule is Cc1nc(NCCS)c(NCc2ncc(-c3cc(Cl)ccc3Cl)o2)c(Nc2ccccc2C(=O)O)n1. The molecule has 186 valence electrons. The zero-order valence-corrected chi connectivity index (χ0v) is 21.5. The number of hydrogen-bond donors (Lipinski definition) is 5. The number of para-hydroxylation sites is 1. The maximum atomic E-state index is 11.7. The molecule has 0 aliphatic heterocycles. The lowest BCUT2D eigenvalue weighted by atomic mass is 10.2. The monoisotopic (exact) mass is 544 g/mol. The minimum atomic E-state index is -1.06. The molecule has 0 unspecified atom stereocenters. The highest BCUT2D eigenvalue weighted by Gasteiger charge is 2.18. The van der Waals surface area contributed by atoms with Gasteiger partial charge in [-0.2, -0.15) is 12.6 Å². The van der Waals surface area contributed by atoms with Crippen molar-refractivity contribution in [1.82, 2.24) is 15.0 Å². The molecule has 2 aromatic carbocycles. The molecule has 4 N–H and O–H groups in total. The number of thiol groups is 1. The molecule has 0 saturated heterocycles. The third-order valence-corrected chi connectivity index (χ3v) is 5.79. The number of rotatable bonds is 10. The van der Waals surface area contributed by atoms with Crippen molar-refractivity contribution in [3.8, 4) is 11.3 Å². The Labute approximate surface area is 222 Å². The van der Waals surface area contributed by atoms with E-state index in [1.165, 1.54) is 6.07 Å². The van der Waals surface area contributed by atoms with Crippen LogP contribution >= 0.6 is 35.8 Å². The number of aryl methyl sites for hydroxylation is 1. The maximum absolute atomic E-state index is 11.7. The van der Waals surface area contributed by atoms with Gasteiger partial charge in [0.15, 0.2) is 17.4 Å². The number of nitrogens with zero attached hydrogens (tertiary/aromatic N) is 3.